The minimum absolute atomic E-state index is 0.109. The van der Waals surface area contributed by atoms with Crippen molar-refractivity contribution in [3.63, 3.8) is 0 Å². The largest absolute Gasteiger partial charge is 0.508 e. The molecular weight excluding hydrogens is 474 g/mol. The number of carbonyl (C=O) groups is 1. The van der Waals surface area contributed by atoms with Gasteiger partial charge in [-0.1, -0.05) is 48.5 Å². The van der Waals surface area contributed by atoms with E-state index in [9.17, 15) is 9.90 Å². The third kappa shape index (κ3) is 5.92. The number of aryl methyl sites for hydroxylation is 1. The number of ether oxygens (including phenoxy) is 1. The summed E-state index contributed by atoms with van der Waals surface area (Å²) in [6, 6.07) is 22.4. The Balaban J connectivity index is 1.54. The van der Waals surface area contributed by atoms with E-state index in [-0.39, 0.29) is 17.4 Å². The van der Waals surface area contributed by atoms with Crippen LogP contribution in [0, 0.1) is 6.92 Å². The molecule has 184 valence electrons. The van der Waals surface area contributed by atoms with Gasteiger partial charge in [-0.05, 0) is 67.4 Å². The molecule has 3 aromatic carbocycles. The van der Waals surface area contributed by atoms with Gasteiger partial charge in [0.2, 0.25) is 0 Å². The van der Waals surface area contributed by atoms with Crippen molar-refractivity contribution in [2.75, 3.05) is 12.9 Å². The van der Waals surface area contributed by atoms with Gasteiger partial charge in [0.15, 0.2) is 11.0 Å². The Kier molecular flexibility index (Phi) is 8.02. The van der Waals surface area contributed by atoms with E-state index >= 15 is 0 Å². The molecule has 0 aliphatic heterocycles. The van der Waals surface area contributed by atoms with Gasteiger partial charge in [0.25, 0.3) is 5.91 Å². The quantitative estimate of drug-likeness (QED) is 0.191. The van der Waals surface area contributed by atoms with Crippen LogP contribution in [0.2, 0.25) is 0 Å². The minimum atomic E-state index is -0.258. The van der Waals surface area contributed by atoms with E-state index in [1.54, 1.807) is 31.4 Å². The number of hydrogen-bond donors (Lipinski definition) is 2. The smallest absolute Gasteiger partial charge is 0.250 e. The topological polar surface area (TPSA) is 102 Å². The zero-order valence-electron chi connectivity index (χ0n) is 20.3. The fourth-order valence-corrected chi connectivity index (χ4v) is 4.26. The molecule has 1 heterocycles. The van der Waals surface area contributed by atoms with Gasteiger partial charge in [-0.2, -0.15) is 5.10 Å². The Labute approximate surface area is 214 Å². The Morgan fingerprint density at radius 3 is 2.36 bits per heavy atom. The summed E-state index contributed by atoms with van der Waals surface area (Å²) >= 11 is 1.28. The zero-order valence-corrected chi connectivity index (χ0v) is 21.1. The highest BCUT2D eigenvalue weighted by Crippen LogP contribution is 2.29. The molecule has 4 aromatic rings. The Bertz CT molecular complexity index is 1350. The van der Waals surface area contributed by atoms with Gasteiger partial charge in [-0.25, -0.2) is 5.43 Å². The van der Waals surface area contributed by atoms with Crippen molar-refractivity contribution in [2.24, 2.45) is 5.10 Å². The molecule has 36 heavy (non-hydrogen) atoms. The second-order valence-corrected chi connectivity index (χ2v) is 8.93. The van der Waals surface area contributed by atoms with Gasteiger partial charge in [0, 0.05) is 11.3 Å². The second-order valence-electron chi connectivity index (χ2n) is 7.99. The summed E-state index contributed by atoms with van der Waals surface area (Å²) in [5, 5.41) is 23.2. The number of nitrogens with one attached hydrogen (secondary N) is 1. The van der Waals surface area contributed by atoms with Crippen LogP contribution in [0.3, 0.4) is 0 Å². The molecule has 8 nitrogen and oxygen atoms in total. The number of thioether (sulfide) groups is 1. The molecule has 2 N–H and O–H groups in total. The van der Waals surface area contributed by atoms with E-state index in [0.717, 1.165) is 33.8 Å². The SMILES string of the molecule is CC/C(=N\NC(=O)CSc1nnc(-c2ccc(C)cc2)n1-c1ccc(OC)cc1)c1ccc(O)cc1. The standard InChI is InChI=1S/C27H27N5O3S/c1-4-24(19-9-13-22(33)14-10-19)28-29-25(34)17-36-27-31-30-26(20-7-5-18(2)6-8-20)32(27)21-11-15-23(35-3)16-12-21/h5-16,33H,4,17H2,1-3H3,(H,29,34)/b28-24+. The first-order chi connectivity index (χ1) is 17.5. The van der Waals surface area contributed by atoms with E-state index in [1.165, 1.54) is 11.8 Å². The summed E-state index contributed by atoms with van der Waals surface area (Å²) in [6.45, 7) is 3.99. The molecule has 0 spiro atoms. The fourth-order valence-electron chi connectivity index (χ4n) is 3.51. The predicted molar refractivity (Wildman–Crippen MR) is 142 cm³/mol. The first-order valence-electron chi connectivity index (χ1n) is 11.4. The monoisotopic (exact) mass is 501 g/mol. The van der Waals surface area contributed by atoms with Gasteiger partial charge in [-0.15, -0.1) is 10.2 Å². The Morgan fingerprint density at radius 1 is 1.03 bits per heavy atom. The van der Waals surface area contributed by atoms with Crippen LogP contribution in [-0.4, -0.2) is 44.4 Å². The first-order valence-corrected chi connectivity index (χ1v) is 12.4. The molecular formula is C27H27N5O3S. The summed E-state index contributed by atoms with van der Waals surface area (Å²) in [7, 11) is 1.62. The number of aromatic nitrogens is 3. The van der Waals surface area contributed by atoms with Crippen LogP contribution in [0.5, 0.6) is 11.5 Å². The highest BCUT2D eigenvalue weighted by atomic mass is 32.2. The maximum absolute atomic E-state index is 12.6. The highest BCUT2D eigenvalue weighted by molar-refractivity contribution is 7.99. The third-order valence-corrected chi connectivity index (χ3v) is 6.39. The number of nitrogens with zero attached hydrogens (tertiary/aromatic N) is 4. The van der Waals surface area contributed by atoms with Crippen molar-refractivity contribution in [1.82, 2.24) is 20.2 Å². The molecule has 0 bridgehead atoms. The molecule has 0 saturated heterocycles. The number of methoxy groups -OCH3 is 1. The van der Waals surface area contributed by atoms with Crippen molar-refractivity contribution < 1.29 is 14.6 Å². The number of hydrazone groups is 1. The lowest BCUT2D eigenvalue weighted by atomic mass is 10.1. The lowest BCUT2D eigenvalue weighted by Gasteiger charge is -2.11. The highest BCUT2D eigenvalue weighted by Gasteiger charge is 2.17. The average molecular weight is 502 g/mol. The van der Waals surface area contributed by atoms with Crippen LogP contribution in [0.4, 0.5) is 0 Å². The number of rotatable bonds is 9. The van der Waals surface area contributed by atoms with Crippen LogP contribution in [-0.2, 0) is 4.79 Å². The average Bonchev–Trinajstić information content (AvgIpc) is 3.33. The van der Waals surface area contributed by atoms with Crippen molar-refractivity contribution in [2.45, 2.75) is 25.4 Å². The van der Waals surface area contributed by atoms with E-state index in [1.807, 2.05) is 66.9 Å². The normalized spacial score (nSPS) is 11.4. The molecule has 1 aromatic heterocycles. The molecule has 0 saturated carbocycles. The maximum Gasteiger partial charge on any atom is 0.250 e. The van der Waals surface area contributed by atoms with E-state index in [2.05, 4.69) is 20.7 Å². The van der Waals surface area contributed by atoms with Crippen LogP contribution in [0.1, 0.15) is 24.5 Å². The van der Waals surface area contributed by atoms with Crippen LogP contribution >= 0.6 is 11.8 Å². The first kappa shape index (κ1) is 25.0. The summed E-state index contributed by atoms with van der Waals surface area (Å²) in [6.07, 6.45) is 0.629. The van der Waals surface area contributed by atoms with E-state index in [0.29, 0.717) is 17.4 Å². The summed E-state index contributed by atoms with van der Waals surface area (Å²) in [5.74, 6) is 1.46. The molecule has 9 heteroatoms. The van der Waals surface area contributed by atoms with Gasteiger partial charge in [0.05, 0.1) is 18.6 Å². The molecule has 0 fully saturated rings. The number of carbonyl (C=O) groups excluding carboxylic acids is 1. The van der Waals surface area contributed by atoms with Crippen LogP contribution in [0.25, 0.3) is 17.1 Å². The maximum atomic E-state index is 12.6. The van der Waals surface area contributed by atoms with Gasteiger partial charge >= 0.3 is 0 Å². The van der Waals surface area contributed by atoms with Gasteiger partial charge in [-0.3, -0.25) is 9.36 Å². The zero-order chi connectivity index (χ0) is 25.5. The fraction of sp³-hybridized carbons (Fsp3) is 0.185. The van der Waals surface area contributed by atoms with Crippen LogP contribution < -0.4 is 10.2 Å². The minimum Gasteiger partial charge on any atom is -0.508 e. The van der Waals surface area contributed by atoms with Gasteiger partial charge < -0.3 is 9.84 Å². The molecule has 0 radical (unpaired) electrons. The molecule has 0 unspecified atom stereocenters. The lowest BCUT2D eigenvalue weighted by Crippen LogP contribution is -2.22. The predicted octanol–water partition coefficient (Wildman–Crippen LogP) is 4.98. The number of phenols is 1. The number of phenolic OH excluding ortho intramolecular Hbond substituents is 1. The number of amides is 1. The van der Waals surface area contributed by atoms with Crippen molar-refractivity contribution in [3.05, 3.63) is 83.9 Å². The lowest BCUT2D eigenvalue weighted by molar-refractivity contribution is -0.118. The number of aromatic hydroxyl groups is 1. The molecule has 0 atom stereocenters. The molecule has 0 aliphatic carbocycles. The van der Waals surface area contributed by atoms with E-state index < -0.39 is 0 Å². The van der Waals surface area contributed by atoms with Crippen molar-refractivity contribution in [1.29, 1.82) is 0 Å². The van der Waals surface area contributed by atoms with Crippen molar-refractivity contribution >= 4 is 23.4 Å². The third-order valence-electron chi connectivity index (χ3n) is 5.46. The van der Waals surface area contributed by atoms with E-state index in [4.69, 9.17) is 4.74 Å². The summed E-state index contributed by atoms with van der Waals surface area (Å²) in [5.41, 5.74) is 7.12. The summed E-state index contributed by atoms with van der Waals surface area (Å²) < 4.78 is 7.22. The molecule has 0 aliphatic rings. The van der Waals surface area contributed by atoms with Crippen LogP contribution in [0.15, 0.2) is 83.1 Å². The number of benzene rings is 3. The molecule has 1 amide bonds. The second kappa shape index (κ2) is 11.5. The summed E-state index contributed by atoms with van der Waals surface area (Å²) in [4.78, 5) is 12.6. The number of hydrogen-bond acceptors (Lipinski definition) is 7. The Hall–Kier alpha value is -4.11. The molecule has 4 rings (SSSR count). The Morgan fingerprint density at radius 2 is 1.72 bits per heavy atom. The van der Waals surface area contributed by atoms with Gasteiger partial charge in [0.1, 0.15) is 11.5 Å². The van der Waals surface area contributed by atoms with Crippen molar-refractivity contribution in [3.8, 4) is 28.6 Å².